The minimum Gasteiger partial charge on any atom is -0.293 e. The first-order valence-electron chi connectivity index (χ1n) is 6.77. The molecule has 0 aliphatic carbocycles. The quantitative estimate of drug-likeness (QED) is 0.763. The second-order valence-corrected chi connectivity index (χ2v) is 5.73. The van der Waals surface area contributed by atoms with Crippen molar-refractivity contribution < 1.29 is 4.79 Å². The molecule has 0 unspecified atom stereocenters. The van der Waals surface area contributed by atoms with Crippen LogP contribution in [0.2, 0.25) is 0 Å². The highest BCUT2D eigenvalue weighted by atomic mass is 35.5. The number of carbonyl (C=O) groups excluding carboxylic acids is 1. The van der Waals surface area contributed by atoms with Crippen molar-refractivity contribution in [3.63, 3.8) is 0 Å². The first kappa shape index (κ1) is 12.2. The third-order valence-corrected chi connectivity index (χ3v) is 4.71. The summed E-state index contributed by atoms with van der Waals surface area (Å²) in [6, 6.07) is 11.5. The van der Waals surface area contributed by atoms with E-state index in [0.717, 1.165) is 25.8 Å². The van der Waals surface area contributed by atoms with Gasteiger partial charge in [-0.25, -0.2) is 0 Å². The number of rotatable bonds is 2. The summed E-state index contributed by atoms with van der Waals surface area (Å²) >= 11 is 5.75. The molecule has 3 atom stereocenters. The summed E-state index contributed by atoms with van der Waals surface area (Å²) < 4.78 is 0. The second kappa shape index (κ2) is 5.02. The Balaban J connectivity index is 1.85. The van der Waals surface area contributed by atoms with Gasteiger partial charge in [0.05, 0.1) is 0 Å². The van der Waals surface area contributed by atoms with Gasteiger partial charge >= 0.3 is 0 Å². The molecule has 0 spiro atoms. The molecule has 3 heteroatoms. The Kier molecular flexibility index (Phi) is 3.40. The van der Waals surface area contributed by atoms with E-state index < -0.39 is 0 Å². The van der Waals surface area contributed by atoms with Gasteiger partial charge in [-0.1, -0.05) is 30.3 Å². The lowest BCUT2D eigenvalue weighted by Crippen LogP contribution is -2.44. The smallest absolute Gasteiger partial charge is 0.226 e. The van der Waals surface area contributed by atoms with Crippen molar-refractivity contribution >= 4 is 16.8 Å². The topological polar surface area (TPSA) is 20.3 Å². The highest BCUT2D eigenvalue weighted by Crippen LogP contribution is 2.42. The standard InChI is InChI=1S/C15H18ClNO/c16-15(18)12-8-9-13(11-5-2-1-3-6-11)17-10-4-7-14(12)17/h1-3,5-6,12-14H,4,7-10H2/t12-,13-,14-/m0/s1. The van der Waals surface area contributed by atoms with E-state index in [0.29, 0.717) is 12.1 Å². The predicted octanol–water partition coefficient (Wildman–Crippen LogP) is 3.37. The Morgan fingerprint density at radius 2 is 1.94 bits per heavy atom. The maximum atomic E-state index is 11.5. The zero-order chi connectivity index (χ0) is 12.5. The second-order valence-electron chi connectivity index (χ2n) is 5.36. The average Bonchev–Trinajstić information content (AvgIpc) is 2.87. The number of hydrogen-bond donors (Lipinski definition) is 0. The molecule has 18 heavy (non-hydrogen) atoms. The van der Waals surface area contributed by atoms with E-state index in [-0.39, 0.29) is 11.2 Å². The molecule has 0 saturated carbocycles. The van der Waals surface area contributed by atoms with E-state index in [9.17, 15) is 4.79 Å². The number of nitrogens with zero attached hydrogens (tertiary/aromatic N) is 1. The van der Waals surface area contributed by atoms with Gasteiger partial charge in [0.25, 0.3) is 0 Å². The van der Waals surface area contributed by atoms with E-state index >= 15 is 0 Å². The molecule has 2 nitrogen and oxygen atoms in total. The molecular weight excluding hydrogens is 246 g/mol. The van der Waals surface area contributed by atoms with Gasteiger partial charge < -0.3 is 0 Å². The van der Waals surface area contributed by atoms with Crippen molar-refractivity contribution in [3.05, 3.63) is 35.9 Å². The van der Waals surface area contributed by atoms with Crippen LogP contribution in [0.15, 0.2) is 30.3 Å². The summed E-state index contributed by atoms with van der Waals surface area (Å²) in [5.41, 5.74) is 1.38. The maximum Gasteiger partial charge on any atom is 0.226 e. The van der Waals surface area contributed by atoms with Gasteiger partial charge in [0.15, 0.2) is 0 Å². The number of carbonyl (C=O) groups is 1. The average molecular weight is 264 g/mol. The fourth-order valence-corrected chi connectivity index (χ4v) is 3.88. The molecule has 0 N–H and O–H groups in total. The zero-order valence-corrected chi connectivity index (χ0v) is 11.1. The monoisotopic (exact) mass is 263 g/mol. The van der Waals surface area contributed by atoms with E-state index in [1.807, 2.05) is 0 Å². The summed E-state index contributed by atoms with van der Waals surface area (Å²) in [6.45, 7) is 1.10. The van der Waals surface area contributed by atoms with Crippen molar-refractivity contribution in [1.29, 1.82) is 0 Å². The molecule has 0 bridgehead atoms. The van der Waals surface area contributed by atoms with Gasteiger partial charge in [-0.2, -0.15) is 0 Å². The van der Waals surface area contributed by atoms with E-state index in [1.54, 1.807) is 0 Å². The highest BCUT2D eigenvalue weighted by Gasteiger charge is 2.42. The third-order valence-electron chi connectivity index (χ3n) is 4.43. The van der Waals surface area contributed by atoms with Crippen LogP contribution >= 0.6 is 11.6 Å². The Bertz CT molecular complexity index is 433. The Morgan fingerprint density at radius 3 is 2.67 bits per heavy atom. The van der Waals surface area contributed by atoms with Gasteiger partial charge in [-0.3, -0.25) is 9.69 Å². The fourth-order valence-electron chi connectivity index (χ4n) is 3.63. The van der Waals surface area contributed by atoms with Gasteiger partial charge in [0.1, 0.15) is 0 Å². The first-order valence-corrected chi connectivity index (χ1v) is 7.15. The molecule has 2 fully saturated rings. The molecule has 96 valence electrons. The lowest BCUT2D eigenvalue weighted by molar-refractivity contribution is -0.119. The zero-order valence-electron chi connectivity index (χ0n) is 10.4. The molecule has 2 heterocycles. The van der Waals surface area contributed by atoms with E-state index in [1.165, 1.54) is 12.0 Å². The molecule has 1 aromatic carbocycles. The van der Waals surface area contributed by atoms with Crippen LogP contribution in [0.5, 0.6) is 0 Å². The van der Waals surface area contributed by atoms with Crippen LogP contribution in [0.25, 0.3) is 0 Å². The molecular formula is C15H18ClNO. The van der Waals surface area contributed by atoms with Crippen molar-refractivity contribution in [3.8, 4) is 0 Å². The van der Waals surface area contributed by atoms with Crippen molar-refractivity contribution in [2.45, 2.75) is 37.8 Å². The molecule has 3 rings (SSSR count). The maximum absolute atomic E-state index is 11.5. The molecule has 2 aliphatic rings. The van der Waals surface area contributed by atoms with Crippen molar-refractivity contribution in [2.75, 3.05) is 6.54 Å². The van der Waals surface area contributed by atoms with Gasteiger partial charge in [-0.15, -0.1) is 0 Å². The first-order chi connectivity index (χ1) is 8.77. The Hall–Kier alpha value is -0.860. The summed E-state index contributed by atoms with van der Waals surface area (Å²) in [5.74, 6) is 0.0501. The fraction of sp³-hybridized carbons (Fsp3) is 0.533. The summed E-state index contributed by atoms with van der Waals surface area (Å²) in [4.78, 5) is 14.0. The molecule has 1 aromatic rings. The summed E-state index contributed by atoms with van der Waals surface area (Å²) in [7, 11) is 0. The lowest BCUT2D eigenvalue weighted by atomic mass is 9.84. The number of halogens is 1. The predicted molar refractivity (Wildman–Crippen MR) is 72.5 cm³/mol. The van der Waals surface area contributed by atoms with E-state index in [4.69, 9.17) is 11.6 Å². The number of benzene rings is 1. The molecule has 0 radical (unpaired) electrons. The van der Waals surface area contributed by atoms with Crippen LogP contribution in [0.3, 0.4) is 0 Å². The molecule has 2 aliphatic heterocycles. The molecule has 0 aromatic heterocycles. The minimum atomic E-state index is -0.140. The SMILES string of the molecule is O=C(Cl)[C@H]1CC[C@@H](c2ccccc2)N2CCC[C@@H]12. The normalized spacial score (nSPS) is 32.2. The molecule has 0 amide bonds. The largest absolute Gasteiger partial charge is 0.293 e. The Morgan fingerprint density at radius 1 is 1.17 bits per heavy atom. The number of hydrogen-bond acceptors (Lipinski definition) is 2. The van der Waals surface area contributed by atoms with Gasteiger partial charge in [0, 0.05) is 18.0 Å². The summed E-state index contributed by atoms with van der Waals surface area (Å²) in [6.07, 6.45) is 4.29. The van der Waals surface area contributed by atoms with Crippen molar-refractivity contribution in [1.82, 2.24) is 4.90 Å². The number of piperidine rings is 1. The Labute approximate surface area is 113 Å². The van der Waals surface area contributed by atoms with Crippen LogP contribution in [-0.2, 0) is 4.79 Å². The van der Waals surface area contributed by atoms with Crippen LogP contribution in [0.4, 0.5) is 0 Å². The third kappa shape index (κ3) is 2.08. The lowest BCUT2D eigenvalue weighted by Gasteiger charge is -2.41. The van der Waals surface area contributed by atoms with Gasteiger partial charge in [0.2, 0.25) is 5.24 Å². The minimum absolute atomic E-state index is 0.0501. The van der Waals surface area contributed by atoms with Crippen LogP contribution in [0, 0.1) is 5.92 Å². The van der Waals surface area contributed by atoms with Crippen LogP contribution in [-0.4, -0.2) is 22.7 Å². The highest BCUT2D eigenvalue weighted by molar-refractivity contribution is 6.64. The summed E-state index contributed by atoms with van der Waals surface area (Å²) in [5, 5.41) is -0.140. The van der Waals surface area contributed by atoms with Crippen molar-refractivity contribution in [2.24, 2.45) is 5.92 Å². The van der Waals surface area contributed by atoms with Crippen LogP contribution in [0.1, 0.15) is 37.3 Å². The molecule has 2 saturated heterocycles. The van der Waals surface area contributed by atoms with Gasteiger partial charge in [-0.05, 0) is 49.4 Å². The van der Waals surface area contributed by atoms with E-state index in [2.05, 4.69) is 35.2 Å². The number of fused-ring (bicyclic) bond motifs is 1. The van der Waals surface area contributed by atoms with Crippen LogP contribution < -0.4 is 0 Å².